The molecule has 0 saturated carbocycles. The van der Waals surface area contributed by atoms with Gasteiger partial charge in [0.1, 0.15) is 10.4 Å². The molecule has 0 aliphatic rings. The van der Waals surface area contributed by atoms with Gasteiger partial charge in [-0.25, -0.2) is 14.8 Å². The number of fused-ring (bicyclic) bond motifs is 1. The van der Waals surface area contributed by atoms with Crippen LogP contribution in [-0.2, 0) is 26.0 Å². The van der Waals surface area contributed by atoms with Gasteiger partial charge in [-0.3, -0.25) is 13.9 Å². The number of aromatic nitrogens is 4. The maximum absolute atomic E-state index is 13.0. The third kappa shape index (κ3) is 4.02. The molecule has 0 bridgehead atoms. The third-order valence-electron chi connectivity index (χ3n) is 4.64. The van der Waals surface area contributed by atoms with Crippen molar-refractivity contribution in [1.29, 1.82) is 0 Å². The second-order valence-electron chi connectivity index (χ2n) is 6.72. The first-order valence-corrected chi connectivity index (χ1v) is 10.8. The predicted octanol–water partition coefficient (Wildman–Crippen LogP) is 4.07. The van der Waals surface area contributed by atoms with E-state index in [4.69, 9.17) is 0 Å². The van der Waals surface area contributed by atoms with E-state index < -0.39 is 23.0 Å². The van der Waals surface area contributed by atoms with Gasteiger partial charge in [-0.1, -0.05) is 24.3 Å². The summed E-state index contributed by atoms with van der Waals surface area (Å²) in [6.07, 6.45) is -4.44. The molecule has 0 radical (unpaired) electrons. The van der Waals surface area contributed by atoms with Crippen LogP contribution in [0.15, 0.2) is 56.4 Å². The average Bonchev–Trinajstić information content (AvgIpc) is 3.28. The Balaban J connectivity index is 1.85. The van der Waals surface area contributed by atoms with Crippen LogP contribution in [0.4, 0.5) is 13.2 Å². The van der Waals surface area contributed by atoms with Gasteiger partial charge < -0.3 is 0 Å². The van der Waals surface area contributed by atoms with Crippen LogP contribution in [0.2, 0.25) is 0 Å². The summed E-state index contributed by atoms with van der Waals surface area (Å²) in [4.78, 5) is 34.9. The summed E-state index contributed by atoms with van der Waals surface area (Å²) in [5.41, 5.74) is -1.20. The fraction of sp³-hybridized carbons (Fsp3) is 0.200. The monoisotopic (exact) mass is 464 g/mol. The lowest BCUT2D eigenvalue weighted by molar-refractivity contribution is -0.137. The summed E-state index contributed by atoms with van der Waals surface area (Å²) in [5.74, 6) is 0.503. The molecule has 4 aromatic rings. The standard InChI is InChI=1S/C20H15F3N4O2S2/c1-26-16-14(18(28)27(2)19(26)29)17(25-15(24-16)13-7-4-8-30-13)31-10-11-5-3-6-12(9-11)20(21,22)23/h3-9H,10H2,1-2H3. The maximum Gasteiger partial charge on any atom is 0.416 e. The molecule has 0 aliphatic carbocycles. The molecule has 0 unspecified atom stereocenters. The van der Waals surface area contributed by atoms with Gasteiger partial charge in [0.25, 0.3) is 5.56 Å². The van der Waals surface area contributed by atoms with Crippen molar-refractivity contribution in [3.8, 4) is 10.7 Å². The quantitative estimate of drug-likeness (QED) is 0.337. The SMILES string of the molecule is Cn1c(=O)c2c(SCc3cccc(C(F)(F)F)c3)nc(-c3cccs3)nc2n(C)c1=O. The minimum absolute atomic E-state index is 0.155. The minimum atomic E-state index is -4.44. The van der Waals surface area contributed by atoms with Crippen molar-refractivity contribution in [3.63, 3.8) is 0 Å². The van der Waals surface area contributed by atoms with E-state index in [0.29, 0.717) is 16.4 Å². The highest BCUT2D eigenvalue weighted by Gasteiger charge is 2.30. The Morgan fingerprint density at radius 3 is 2.52 bits per heavy atom. The van der Waals surface area contributed by atoms with Crippen LogP contribution in [0.1, 0.15) is 11.1 Å². The van der Waals surface area contributed by atoms with E-state index in [0.717, 1.165) is 33.3 Å². The molecule has 11 heteroatoms. The largest absolute Gasteiger partial charge is 0.416 e. The molecule has 0 N–H and O–H groups in total. The van der Waals surface area contributed by atoms with Crippen molar-refractivity contribution in [2.24, 2.45) is 14.1 Å². The van der Waals surface area contributed by atoms with Gasteiger partial charge in [-0.15, -0.1) is 23.1 Å². The molecule has 31 heavy (non-hydrogen) atoms. The Morgan fingerprint density at radius 2 is 1.84 bits per heavy atom. The van der Waals surface area contributed by atoms with Gasteiger partial charge >= 0.3 is 11.9 Å². The number of thioether (sulfide) groups is 1. The van der Waals surface area contributed by atoms with Gasteiger partial charge in [0.2, 0.25) is 0 Å². The van der Waals surface area contributed by atoms with Crippen LogP contribution < -0.4 is 11.2 Å². The van der Waals surface area contributed by atoms with Crippen LogP contribution in [0, 0.1) is 0 Å². The minimum Gasteiger partial charge on any atom is -0.280 e. The van der Waals surface area contributed by atoms with Crippen molar-refractivity contribution in [1.82, 2.24) is 19.1 Å². The molecule has 1 aromatic carbocycles. The lowest BCUT2D eigenvalue weighted by Gasteiger charge is -2.12. The Hall–Kier alpha value is -2.92. The van der Waals surface area contributed by atoms with Gasteiger partial charge in [0.15, 0.2) is 11.5 Å². The normalized spacial score (nSPS) is 11.9. The molecule has 3 heterocycles. The van der Waals surface area contributed by atoms with E-state index in [1.54, 1.807) is 6.07 Å². The Kier molecular flexibility index (Phi) is 5.48. The van der Waals surface area contributed by atoms with E-state index in [1.807, 2.05) is 17.5 Å². The van der Waals surface area contributed by atoms with Crippen LogP contribution in [0.5, 0.6) is 0 Å². The summed E-state index contributed by atoms with van der Waals surface area (Å²) in [6, 6.07) is 8.65. The van der Waals surface area contributed by atoms with E-state index in [1.165, 1.54) is 36.1 Å². The fourth-order valence-corrected chi connectivity index (χ4v) is 4.65. The first kappa shape index (κ1) is 21.3. The topological polar surface area (TPSA) is 69.8 Å². The van der Waals surface area contributed by atoms with Crippen molar-refractivity contribution < 1.29 is 13.2 Å². The summed E-state index contributed by atoms with van der Waals surface area (Å²) >= 11 is 2.53. The van der Waals surface area contributed by atoms with Gasteiger partial charge in [0, 0.05) is 19.8 Å². The molecular formula is C20H15F3N4O2S2. The third-order valence-corrected chi connectivity index (χ3v) is 6.55. The number of benzene rings is 1. The van der Waals surface area contributed by atoms with Crippen LogP contribution in [-0.4, -0.2) is 19.1 Å². The highest BCUT2D eigenvalue weighted by molar-refractivity contribution is 7.98. The highest BCUT2D eigenvalue weighted by atomic mass is 32.2. The number of thiophene rings is 1. The predicted molar refractivity (Wildman–Crippen MR) is 114 cm³/mol. The van der Waals surface area contributed by atoms with E-state index >= 15 is 0 Å². The van der Waals surface area contributed by atoms with Crippen LogP contribution in [0.3, 0.4) is 0 Å². The zero-order valence-electron chi connectivity index (χ0n) is 16.3. The van der Waals surface area contributed by atoms with E-state index in [9.17, 15) is 22.8 Å². The molecule has 0 spiro atoms. The first-order chi connectivity index (χ1) is 14.7. The fourth-order valence-electron chi connectivity index (χ4n) is 3.04. The van der Waals surface area contributed by atoms with Gasteiger partial charge in [0.05, 0.1) is 10.4 Å². The average molecular weight is 464 g/mol. The lowest BCUT2D eigenvalue weighted by Crippen LogP contribution is -2.37. The van der Waals surface area contributed by atoms with Crippen LogP contribution in [0.25, 0.3) is 21.7 Å². The zero-order chi connectivity index (χ0) is 22.3. The molecule has 0 fully saturated rings. The number of aryl methyl sites for hydroxylation is 1. The molecule has 6 nitrogen and oxygen atoms in total. The molecule has 0 saturated heterocycles. The summed E-state index contributed by atoms with van der Waals surface area (Å²) in [5, 5.41) is 2.31. The molecule has 3 aromatic heterocycles. The summed E-state index contributed by atoms with van der Waals surface area (Å²) < 4.78 is 41.3. The van der Waals surface area contributed by atoms with Gasteiger partial charge in [-0.05, 0) is 23.1 Å². The van der Waals surface area contributed by atoms with Crippen molar-refractivity contribution in [2.45, 2.75) is 17.0 Å². The summed E-state index contributed by atoms with van der Waals surface area (Å²) in [6.45, 7) is 0. The lowest BCUT2D eigenvalue weighted by atomic mass is 10.1. The van der Waals surface area contributed by atoms with Gasteiger partial charge in [-0.2, -0.15) is 13.2 Å². The van der Waals surface area contributed by atoms with E-state index in [2.05, 4.69) is 9.97 Å². The Bertz CT molecular complexity index is 1390. The molecular weight excluding hydrogens is 449 g/mol. The highest BCUT2D eigenvalue weighted by Crippen LogP contribution is 2.33. The molecule has 160 valence electrons. The molecule has 0 amide bonds. The van der Waals surface area contributed by atoms with Crippen molar-refractivity contribution >= 4 is 34.1 Å². The Labute approximate surface area is 182 Å². The zero-order valence-corrected chi connectivity index (χ0v) is 17.9. The number of hydrogen-bond donors (Lipinski definition) is 0. The second kappa shape index (κ2) is 7.97. The molecule has 0 atom stereocenters. The van der Waals surface area contributed by atoms with Crippen LogP contribution >= 0.6 is 23.1 Å². The Morgan fingerprint density at radius 1 is 1.06 bits per heavy atom. The number of rotatable bonds is 4. The maximum atomic E-state index is 13.0. The number of halogens is 3. The van der Waals surface area contributed by atoms with Crippen molar-refractivity contribution in [2.75, 3.05) is 0 Å². The van der Waals surface area contributed by atoms with E-state index in [-0.39, 0.29) is 16.8 Å². The molecule has 0 aliphatic heterocycles. The summed E-state index contributed by atoms with van der Waals surface area (Å²) in [7, 11) is 2.87. The number of alkyl halides is 3. The van der Waals surface area contributed by atoms with Crippen molar-refractivity contribution in [3.05, 3.63) is 73.7 Å². The smallest absolute Gasteiger partial charge is 0.280 e. The number of hydrogen-bond acceptors (Lipinski definition) is 6. The second-order valence-corrected chi connectivity index (χ2v) is 8.63. The number of nitrogens with zero attached hydrogens (tertiary/aromatic N) is 4. The first-order valence-electron chi connectivity index (χ1n) is 8.97. The molecule has 4 rings (SSSR count).